The van der Waals surface area contributed by atoms with Gasteiger partial charge in [-0.05, 0) is 25.5 Å². The molecule has 180 valence electrons. The monoisotopic (exact) mass is 476 g/mol. The molecule has 33 heavy (non-hydrogen) atoms. The van der Waals surface area contributed by atoms with Crippen LogP contribution in [0.3, 0.4) is 0 Å². The summed E-state index contributed by atoms with van der Waals surface area (Å²) in [5.74, 6) is -0.723. The molecule has 3 aromatic rings. The molecule has 0 radical (unpaired) electrons. The van der Waals surface area contributed by atoms with Crippen LogP contribution in [0.15, 0.2) is 18.2 Å². The normalized spacial score (nSPS) is 13.0. The van der Waals surface area contributed by atoms with Gasteiger partial charge in [-0.1, -0.05) is 20.8 Å². The van der Waals surface area contributed by atoms with Gasteiger partial charge in [0.1, 0.15) is 5.69 Å². The highest BCUT2D eigenvalue weighted by Gasteiger charge is 2.37. The minimum Gasteiger partial charge on any atom is -0.351 e. The number of halogens is 6. The third-order valence-corrected chi connectivity index (χ3v) is 4.82. The van der Waals surface area contributed by atoms with Gasteiger partial charge in [0.2, 0.25) is 0 Å². The van der Waals surface area contributed by atoms with E-state index in [1.165, 1.54) is 11.6 Å². The molecular formula is C20H22F6N6O. The van der Waals surface area contributed by atoms with Gasteiger partial charge >= 0.3 is 12.4 Å². The summed E-state index contributed by atoms with van der Waals surface area (Å²) in [6.07, 6.45) is -9.01. The molecular weight excluding hydrogens is 454 g/mol. The third kappa shape index (κ3) is 5.45. The number of hydrogen-bond donors (Lipinski definition) is 1. The van der Waals surface area contributed by atoms with Gasteiger partial charge in [0, 0.05) is 30.3 Å². The summed E-state index contributed by atoms with van der Waals surface area (Å²) in [5.41, 5.74) is -2.58. The van der Waals surface area contributed by atoms with Gasteiger partial charge in [-0.3, -0.25) is 9.48 Å². The van der Waals surface area contributed by atoms with Gasteiger partial charge in [0.15, 0.2) is 17.0 Å². The molecule has 0 atom stereocenters. The molecule has 0 fully saturated rings. The fourth-order valence-electron chi connectivity index (χ4n) is 3.07. The number of nitrogens with one attached hydrogen (secondary N) is 1. The average Bonchev–Trinajstić information content (AvgIpc) is 3.26. The molecule has 13 heteroatoms. The number of aryl methyl sites for hydroxylation is 2. The Morgan fingerprint density at radius 2 is 1.64 bits per heavy atom. The summed E-state index contributed by atoms with van der Waals surface area (Å²) >= 11 is 0. The van der Waals surface area contributed by atoms with Gasteiger partial charge in [-0.25, -0.2) is 9.50 Å². The summed E-state index contributed by atoms with van der Waals surface area (Å²) < 4.78 is 80.6. The Labute approximate surface area is 184 Å². The second-order valence-electron chi connectivity index (χ2n) is 8.58. The van der Waals surface area contributed by atoms with Crippen LogP contribution in [-0.4, -0.2) is 36.8 Å². The number of aromatic nitrogens is 5. The van der Waals surface area contributed by atoms with E-state index in [0.717, 1.165) is 18.2 Å². The molecule has 7 nitrogen and oxygen atoms in total. The first-order valence-electron chi connectivity index (χ1n) is 9.96. The SMILES string of the molecule is Cc1cc(C(F)(F)F)nn1CCCNC(=O)c1cc2nc(C(C)(C)C)cc(C(F)(F)F)n2n1. The van der Waals surface area contributed by atoms with Gasteiger partial charge in [0.25, 0.3) is 5.91 Å². The van der Waals surface area contributed by atoms with Crippen molar-refractivity contribution in [2.24, 2.45) is 0 Å². The zero-order valence-corrected chi connectivity index (χ0v) is 18.3. The molecule has 0 aromatic carbocycles. The van der Waals surface area contributed by atoms with Crippen LogP contribution < -0.4 is 5.32 Å². The minimum atomic E-state index is -4.71. The van der Waals surface area contributed by atoms with Crippen LogP contribution >= 0.6 is 0 Å². The molecule has 3 aromatic heterocycles. The fraction of sp³-hybridized carbons (Fsp3) is 0.500. The van der Waals surface area contributed by atoms with Crippen molar-refractivity contribution in [2.75, 3.05) is 6.54 Å². The Morgan fingerprint density at radius 1 is 0.970 bits per heavy atom. The van der Waals surface area contributed by atoms with Crippen molar-refractivity contribution in [1.29, 1.82) is 0 Å². The van der Waals surface area contributed by atoms with Crippen LogP contribution in [0.5, 0.6) is 0 Å². The topological polar surface area (TPSA) is 77.1 Å². The standard InChI is InChI=1S/C20H22F6N6O/c1-11-8-14(19(21,22)23)30-31(11)7-5-6-27-17(33)12-9-16-28-13(18(2,3)4)10-15(20(24,25)26)32(16)29-12/h8-10H,5-7H2,1-4H3,(H,27,33). The second-order valence-corrected chi connectivity index (χ2v) is 8.58. The molecule has 3 rings (SSSR count). The van der Waals surface area contributed by atoms with Crippen LogP contribution in [0.1, 0.15) is 60.5 Å². The number of hydrogen-bond acceptors (Lipinski definition) is 4. The zero-order chi connectivity index (χ0) is 24.8. The third-order valence-electron chi connectivity index (χ3n) is 4.82. The largest absolute Gasteiger partial charge is 0.435 e. The van der Waals surface area contributed by atoms with Gasteiger partial charge in [-0.15, -0.1) is 0 Å². The number of alkyl halides is 6. The summed E-state index contributed by atoms with van der Waals surface area (Å²) in [7, 11) is 0. The van der Waals surface area contributed by atoms with Crippen LogP contribution in [0, 0.1) is 6.92 Å². The highest BCUT2D eigenvalue weighted by Crippen LogP contribution is 2.32. The van der Waals surface area contributed by atoms with Crippen LogP contribution in [0.25, 0.3) is 5.65 Å². The van der Waals surface area contributed by atoms with Crippen molar-refractivity contribution >= 4 is 11.6 Å². The molecule has 0 unspecified atom stereocenters. The number of carbonyl (C=O) groups excluding carboxylic acids is 1. The first kappa shape index (κ1) is 24.5. The molecule has 3 heterocycles. The Balaban J connectivity index is 1.72. The Bertz CT molecular complexity index is 1170. The summed E-state index contributed by atoms with van der Waals surface area (Å²) in [5, 5.41) is 9.76. The van der Waals surface area contributed by atoms with Crippen molar-refractivity contribution in [3.8, 4) is 0 Å². The molecule has 0 aliphatic rings. The van der Waals surface area contributed by atoms with E-state index < -0.39 is 35.1 Å². The number of amides is 1. The van der Waals surface area contributed by atoms with Crippen LogP contribution in [0.2, 0.25) is 0 Å². The molecule has 1 N–H and O–H groups in total. The summed E-state index contributed by atoms with van der Waals surface area (Å²) in [6.45, 7) is 6.80. The summed E-state index contributed by atoms with van der Waals surface area (Å²) in [6, 6.07) is 2.99. The van der Waals surface area contributed by atoms with Crippen molar-refractivity contribution in [1.82, 2.24) is 29.7 Å². The van der Waals surface area contributed by atoms with E-state index in [4.69, 9.17) is 0 Å². The molecule has 0 saturated heterocycles. The first-order valence-corrected chi connectivity index (χ1v) is 9.96. The Hall–Kier alpha value is -3.12. The molecule has 0 aliphatic heterocycles. The summed E-state index contributed by atoms with van der Waals surface area (Å²) in [4.78, 5) is 16.6. The highest BCUT2D eigenvalue weighted by atomic mass is 19.4. The average molecular weight is 476 g/mol. The van der Waals surface area contributed by atoms with Crippen molar-refractivity contribution < 1.29 is 31.1 Å². The lowest BCUT2D eigenvalue weighted by atomic mass is 9.91. The maximum atomic E-state index is 13.5. The number of carbonyl (C=O) groups is 1. The lowest BCUT2D eigenvalue weighted by Crippen LogP contribution is -2.26. The van der Waals surface area contributed by atoms with E-state index in [-0.39, 0.29) is 36.5 Å². The maximum absolute atomic E-state index is 13.5. The molecule has 0 saturated carbocycles. The van der Waals surface area contributed by atoms with Crippen LogP contribution in [-0.2, 0) is 24.3 Å². The second kappa shape index (κ2) is 8.34. The maximum Gasteiger partial charge on any atom is 0.435 e. The van der Waals surface area contributed by atoms with E-state index in [9.17, 15) is 31.1 Å². The predicted molar refractivity (Wildman–Crippen MR) is 106 cm³/mol. The molecule has 0 spiro atoms. The van der Waals surface area contributed by atoms with Crippen molar-refractivity contribution in [3.05, 3.63) is 46.7 Å². The lowest BCUT2D eigenvalue weighted by Gasteiger charge is -2.19. The smallest absolute Gasteiger partial charge is 0.351 e. The van der Waals surface area contributed by atoms with Crippen LogP contribution in [0.4, 0.5) is 26.3 Å². The van der Waals surface area contributed by atoms with E-state index >= 15 is 0 Å². The van der Waals surface area contributed by atoms with Crippen molar-refractivity contribution in [2.45, 2.75) is 58.4 Å². The Kier molecular flexibility index (Phi) is 6.20. The number of rotatable bonds is 5. The number of fused-ring (bicyclic) bond motifs is 1. The quantitative estimate of drug-likeness (QED) is 0.438. The molecule has 0 bridgehead atoms. The van der Waals surface area contributed by atoms with E-state index in [1.807, 2.05) is 0 Å². The fourth-order valence-corrected chi connectivity index (χ4v) is 3.07. The minimum absolute atomic E-state index is 0.0557. The van der Waals surface area contributed by atoms with Gasteiger partial charge in [0.05, 0.1) is 5.69 Å². The van der Waals surface area contributed by atoms with Gasteiger partial charge < -0.3 is 5.32 Å². The molecule has 0 aliphatic carbocycles. The number of nitrogens with zero attached hydrogens (tertiary/aromatic N) is 5. The Morgan fingerprint density at radius 3 is 2.18 bits per heavy atom. The molecule has 1 amide bonds. The highest BCUT2D eigenvalue weighted by molar-refractivity contribution is 5.93. The lowest BCUT2D eigenvalue weighted by molar-refractivity contribution is -0.143. The van der Waals surface area contributed by atoms with E-state index in [2.05, 4.69) is 20.5 Å². The zero-order valence-electron chi connectivity index (χ0n) is 18.3. The van der Waals surface area contributed by atoms with E-state index in [1.54, 1.807) is 20.8 Å². The predicted octanol–water partition coefficient (Wildman–Crippen LogP) is 4.39. The first-order chi connectivity index (χ1) is 15.1. The van der Waals surface area contributed by atoms with Gasteiger partial charge in [-0.2, -0.15) is 36.5 Å². The van der Waals surface area contributed by atoms with Crippen molar-refractivity contribution in [3.63, 3.8) is 0 Å². The van der Waals surface area contributed by atoms with E-state index in [0.29, 0.717) is 10.2 Å².